The van der Waals surface area contributed by atoms with Gasteiger partial charge in [-0.05, 0) is 24.3 Å². The Bertz CT molecular complexity index is 294. The minimum atomic E-state index is -0.721. The Labute approximate surface area is 77.9 Å². The van der Waals surface area contributed by atoms with Gasteiger partial charge < -0.3 is 9.84 Å². The summed E-state index contributed by atoms with van der Waals surface area (Å²) in [4.78, 5) is 0. The minimum Gasteiger partial charge on any atom is -0.382 e. The molecule has 0 aromatic heterocycles. The number of rotatable bonds is 0. The monoisotopic (exact) mass is 178 g/mol. The molecule has 2 aliphatic carbocycles. The van der Waals surface area contributed by atoms with Gasteiger partial charge in [-0.1, -0.05) is 18.7 Å². The molecule has 0 radical (unpaired) electrons. The van der Waals surface area contributed by atoms with E-state index < -0.39 is 5.60 Å². The summed E-state index contributed by atoms with van der Waals surface area (Å²) in [6.07, 6.45) is 6.63. The van der Waals surface area contributed by atoms with Gasteiger partial charge in [0.1, 0.15) is 5.60 Å². The Hall–Kier alpha value is -0.600. The van der Waals surface area contributed by atoms with Gasteiger partial charge in [-0.3, -0.25) is 0 Å². The Morgan fingerprint density at radius 1 is 1.62 bits per heavy atom. The molecule has 0 bridgehead atoms. The van der Waals surface area contributed by atoms with Gasteiger partial charge in [0.2, 0.25) is 0 Å². The van der Waals surface area contributed by atoms with Crippen LogP contribution in [0.1, 0.15) is 12.8 Å². The molecule has 1 heterocycles. The SMILES string of the molecule is C=C1CO[C@H]2[C@@H]3CCC=C[C@H]3[C@]12O. The summed E-state index contributed by atoms with van der Waals surface area (Å²) in [5.41, 5.74) is 0.145. The van der Waals surface area contributed by atoms with E-state index in [1.807, 2.05) is 0 Å². The first-order valence-corrected chi connectivity index (χ1v) is 4.93. The summed E-state index contributed by atoms with van der Waals surface area (Å²) >= 11 is 0. The van der Waals surface area contributed by atoms with E-state index in [1.54, 1.807) is 0 Å². The summed E-state index contributed by atoms with van der Waals surface area (Å²) in [7, 11) is 0. The lowest BCUT2D eigenvalue weighted by atomic mass is 9.54. The first kappa shape index (κ1) is 7.77. The van der Waals surface area contributed by atoms with Crippen molar-refractivity contribution >= 4 is 0 Å². The molecule has 2 heteroatoms. The maximum absolute atomic E-state index is 10.3. The molecule has 1 saturated heterocycles. The van der Waals surface area contributed by atoms with Crippen molar-refractivity contribution in [1.82, 2.24) is 0 Å². The Morgan fingerprint density at radius 2 is 2.46 bits per heavy atom. The van der Waals surface area contributed by atoms with E-state index in [4.69, 9.17) is 4.74 Å². The molecule has 2 nitrogen and oxygen atoms in total. The third-order valence-corrected chi connectivity index (χ3v) is 3.81. The molecule has 3 aliphatic rings. The van der Waals surface area contributed by atoms with Gasteiger partial charge in [0, 0.05) is 5.92 Å². The van der Waals surface area contributed by atoms with Crippen molar-refractivity contribution in [2.75, 3.05) is 6.61 Å². The number of hydrogen-bond acceptors (Lipinski definition) is 2. The standard InChI is InChI=1S/C11H14O2/c1-7-6-13-10-8-4-2-3-5-9(8)11(7,10)12/h3,5,8-10,12H,1-2,4,6H2/t8-,9-,10+,11-/m1/s1. The van der Waals surface area contributed by atoms with Gasteiger partial charge in [-0.2, -0.15) is 0 Å². The molecule has 4 atom stereocenters. The smallest absolute Gasteiger partial charge is 0.120 e. The molecule has 70 valence electrons. The maximum atomic E-state index is 10.3. The zero-order valence-corrected chi connectivity index (χ0v) is 7.57. The van der Waals surface area contributed by atoms with Crippen LogP contribution < -0.4 is 0 Å². The molecular weight excluding hydrogens is 164 g/mol. The van der Waals surface area contributed by atoms with Crippen molar-refractivity contribution < 1.29 is 9.84 Å². The van der Waals surface area contributed by atoms with Gasteiger partial charge in [0.05, 0.1) is 12.7 Å². The van der Waals surface area contributed by atoms with Crippen LogP contribution in [0.3, 0.4) is 0 Å². The van der Waals surface area contributed by atoms with Crippen LogP contribution in [0, 0.1) is 11.8 Å². The van der Waals surface area contributed by atoms with Crippen molar-refractivity contribution in [2.45, 2.75) is 24.5 Å². The topological polar surface area (TPSA) is 29.5 Å². The van der Waals surface area contributed by atoms with Crippen molar-refractivity contribution in [3.05, 3.63) is 24.3 Å². The molecule has 0 aromatic rings. The predicted molar refractivity (Wildman–Crippen MR) is 49.2 cm³/mol. The number of fused-ring (bicyclic) bond motifs is 4. The molecular formula is C11H14O2. The lowest BCUT2D eigenvalue weighted by molar-refractivity contribution is -0.179. The first-order valence-electron chi connectivity index (χ1n) is 4.93. The largest absolute Gasteiger partial charge is 0.382 e. The lowest BCUT2D eigenvalue weighted by Crippen LogP contribution is -2.64. The molecule has 13 heavy (non-hydrogen) atoms. The van der Waals surface area contributed by atoms with Gasteiger partial charge in [0.25, 0.3) is 0 Å². The van der Waals surface area contributed by atoms with E-state index >= 15 is 0 Å². The number of allylic oxidation sites excluding steroid dienone is 1. The Balaban J connectivity index is 1.99. The summed E-state index contributed by atoms with van der Waals surface area (Å²) < 4.78 is 5.55. The molecule has 0 unspecified atom stereocenters. The minimum absolute atomic E-state index is 0.0370. The van der Waals surface area contributed by atoms with Crippen LogP contribution in [0.5, 0.6) is 0 Å². The van der Waals surface area contributed by atoms with Crippen LogP contribution in [-0.4, -0.2) is 23.4 Å². The first-order chi connectivity index (χ1) is 6.24. The van der Waals surface area contributed by atoms with Crippen LogP contribution in [0.15, 0.2) is 24.3 Å². The molecule has 1 N–H and O–H groups in total. The lowest BCUT2D eigenvalue weighted by Gasteiger charge is -2.54. The molecule has 0 aromatic carbocycles. The van der Waals surface area contributed by atoms with E-state index in [-0.39, 0.29) is 12.0 Å². The van der Waals surface area contributed by atoms with Crippen LogP contribution in [0.4, 0.5) is 0 Å². The van der Waals surface area contributed by atoms with Crippen LogP contribution >= 0.6 is 0 Å². The third-order valence-electron chi connectivity index (χ3n) is 3.81. The van der Waals surface area contributed by atoms with Crippen LogP contribution in [0.2, 0.25) is 0 Å². The summed E-state index contributed by atoms with van der Waals surface area (Å²) in [5, 5.41) is 10.3. The molecule has 1 saturated carbocycles. The van der Waals surface area contributed by atoms with E-state index in [1.165, 1.54) is 0 Å². The van der Waals surface area contributed by atoms with Gasteiger partial charge >= 0.3 is 0 Å². The average Bonchev–Trinajstić information content (AvgIpc) is 2.39. The zero-order valence-electron chi connectivity index (χ0n) is 7.57. The van der Waals surface area contributed by atoms with Gasteiger partial charge in [-0.25, -0.2) is 0 Å². The van der Waals surface area contributed by atoms with Crippen molar-refractivity contribution in [1.29, 1.82) is 0 Å². The van der Waals surface area contributed by atoms with Crippen molar-refractivity contribution in [2.24, 2.45) is 11.8 Å². The quantitative estimate of drug-likeness (QED) is 0.566. The maximum Gasteiger partial charge on any atom is 0.120 e. The summed E-state index contributed by atoms with van der Waals surface area (Å²) in [6.45, 7) is 4.43. The van der Waals surface area contributed by atoms with Gasteiger partial charge in [-0.15, -0.1) is 0 Å². The molecule has 1 aliphatic heterocycles. The normalized spacial score (nSPS) is 52.7. The molecule has 0 amide bonds. The second-order valence-electron chi connectivity index (χ2n) is 4.36. The third kappa shape index (κ3) is 0.720. The van der Waals surface area contributed by atoms with E-state index in [0.717, 1.165) is 18.4 Å². The average molecular weight is 178 g/mol. The van der Waals surface area contributed by atoms with E-state index in [9.17, 15) is 5.11 Å². The second kappa shape index (κ2) is 2.25. The fourth-order valence-electron chi connectivity index (χ4n) is 3.06. The summed E-state index contributed by atoms with van der Waals surface area (Å²) in [6, 6.07) is 0. The number of aliphatic hydroxyl groups is 1. The molecule has 2 fully saturated rings. The highest BCUT2D eigenvalue weighted by atomic mass is 16.5. The van der Waals surface area contributed by atoms with Crippen LogP contribution in [0.25, 0.3) is 0 Å². The Morgan fingerprint density at radius 3 is 3.31 bits per heavy atom. The Kier molecular flexibility index (Phi) is 1.35. The molecule has 0 spiro atoms. The second-order valence-corrected chi connectivity index (χ2v) is 4.36. The van der Waals surface area contributed by atoms with Crippen molar-refractivity contribution in [3.63, 3.8) is 0 Å². The zero-order chi connectivity index (χ0) is 9.05. The van der Waals surface area contributed by atoms with E-state index in [2.05, 4.69) is 18.7 Å². The summed E-state index contributed by atoms with van der Waals surface area (Å²) in [5.74, 6) is 0.815. The highest BCUT2D eigenvalue weighted by Gasteiger charge is 2.65. The fourth-order valence-corrected chi connectivity index (χ4v) is 3.06. The van der Waals surface area contributed by atoms with Crippen molar-refractivity contribution in [3.8, 4) is 0 Å². The van der Waals surface area contributed by atoms with Crippen LogP contribution in [-0.2, 0) is 4.74 Å². The predicted octanol–water partition coefficient (Wildman–Crippen LogP) is 1.27. The van der Waals surface area contributed by atoms with E-state index in [0.29, 0.717) is 12.5 Å². The highest BCUT2D eigenvalue weighted by Crippen LogP contribution is 2.57. The number of ether oxygens (including phenoxy) is 1. The fraction of sp³-hybridized carbons (Fsp3) is 0.636. The number of hydrogen-bond donors (Lipinski definition) is 1. The highest BCUT2D eigenvalue weighted by molar-refractivity contribution is 5.35. The van der Waals surface area contributed by atoms with Gasteiger partial charge in [0.15, 0.2) is 0 Å². The molecule has 3 rings (SSSR count).